The molecule has 1 aliphatic heterocycles. The van der Waals surface area contributed by atoms with Crippen LogP contribution in [0.4, 0.5) is 19.1 Å². The van der Waals surface area contributed by atoms with Gasteiger partial charge < -0.3 is 15.4 Å². The maximum Gasteiger partial charge on any atom is 0.232 e. The van der Waals surface area contributed by atoms with E-state index in [1.54, 1.807) is 49.4 Å². The fraction of sp³-hybridized carbons (Fsp3) is 0.300. The molecule has 1 saturated heterocycles. The Morgan fingerprint density at radius 1 is 1.12 bits per heavy atom. The molecule has 13 heteroatoms. The van der Waals surface area contributed by atoms with Crippen molar-refractivity contribution in [3.05, 3.63) is 94.8 Å². The molecule has 0 amide bonds. The first-order chi connectivity index (χ1) is 20.5. The molecule has 2 aromatic carbocycles. The molecule has 4 atom stereocenters. The minimum atomic E-state index is -2.51. The third-order valence-electron chi connectivity index (χ3n) is 7.13. The fourth-order valence-electron chi connectivity index (χ4n) is 5.12. The summed E-state index contributed by atoms with van der Waals surface area (Å²) in [6, 6.07) is 11.8. The number of hydrogen-bond acceptors (Lipinski definition) is 7. The zero-order chi connectivity index (χ0) is 30.7. The number of rotatable bonds is 9. The monoisotopic (exact) mass is 612 g/mol. The summed E-state index contributed by atoms with van der Waals surface area (Å²) in [5.41, 5.74) is 0.984. The van der Waals surface area contributed by atoms with Crippen LogP contribution in [0.2, 0.25) is 0 Å². The average Bonchev–Trinajstić information content (AvgIpc) is 2.95. The van der Waals surface area contributed by atoms with E-state index in [2.05, 4.69) is 30.3 Å². The molecule has 9 nitrogen and oxygen atoms in total. The maximum atomic E-state index is 15.7. The number of alkyl halides is 1. The number of ether oxygens (including phenoxy) is 1. The molecule has 4 aromatic rings. The van der Waals surface area contributed by atoms with Crippen molar-refractivity contribution in [2.24, 2.45) is 0 Å². The second kappa shape index (κ2) is 12.8. The number of pyridine rings is 1. The Hall–Kier alpha value is -3.91. The smallest absolute Gasteiger partial charge is 0.232 e. The van der Waals surface area contributed by atoms with Crippen molar-refractivity contribution in [2.45, 2.75) is 44.9 Å². The zero-order valence-corrected chi connectivity index (χ0v) is 24.5. The molecular weight excluding hydrogens is 581 g/mol. The summed E-state index contributed by atoms with van der Waals surface area (Å²) in [6.07, 6.45) is 3.25. The summed E-state index contributed by atoms with van der Waals surface area (Å²) in [7, 11) is 0. The summed E-state index contributed by atoms with van der Waals surface area (Å²) in [6.45, 7) is 5.77. The molecule has 5 rings (SSSR count). The van der Waals surface area contributed by atoms with E-state index in [1.807, 2.05) is 6.92 Å². The van der Waals surface area contributed by atoms with Crippen molar-refractivity contribution >= 4 is 17.2 Å². The molecule has 2 aromatic heterocycles. The van der Waals surface area contributed by atoms with Crippen LogP contribution in [0.15, 0.2) is 60.9 Å². The van der Waals surface area contributed by atoms with E-state index in [0.717, 1.165) is 5.56 Å². The Morgan fingerprint density at radius 2 is 1.88 bits per heavy atom. The lowest BCUT2D eigenvalue weighted by Crippen LogP contribution is -2.50. The molecule has 3 heterocycles. The van der Waals surface area contributed by atoms with Gasteiger partial charge in [-0.1, -0.05) is 29.8 Å². The van der Waals surface area contributed by atoms with E-state index in [0.29, 0.717) is 23.4 Å². The van der Waals surface area contributed by atoms with Crippen LogP contribution in [-0.4, -0.2) is 48.5 Å². The second-order valence-corrected chi connectivity index (χ2v) is 11.5. The summed E-state index contributed by atoms with van der Waals surface area (Å²) in [5, 5.41) is 6.20. The molecule has 2 unspecified atom stereocenters. The largest absolute Gasteiger partial charge is 0.435 e. The molecule has 0 aliphatic carbocycles. The van der Waals surface area contributed by atoms with Crippen molar-refractivity contribution in [3.63, 3.8) is 0 Å². The van der Waals surface area contributed by atoms with Crippen LogP contribution < -0.4 is 20.1 Å². The molecule has 226 valence electrons. The zero-order valence-electron chi connectivity index (χ0n) is 23.7. The van der Waals surface area contributed by atoms with Crippen LogP contribution in [0.5, 0.6) is 11.6 Å². The highest BCUT2D eigenvalue weighted by Crippen LogP contribution is 2.37. The number of hydrogen-bond donors (Lipinski definition) is 4. The average molecular weight is 613 g/mol. The highest BCUT2D eigenvalue weighted by Gasteiger charge is 2.32. The normalized spacial score (nSPS) is 19.9. The number of aromatic nitrogens is 3. The topological polar surface area (TPSA) is 121 Å². The highest BCUT2D eigenvalue weighted by atomic mass is 32.2. The molecule has 0 radical (unpaired) electrons. The van der Waals surface area contributed by atoms with E-state index >= 15 is 8.78 Å². The standard InChI is InChI=1S/C30H31F3N6O3S/c1-17-6-8-19(9-7-17)27(39-43(40)41)24-18(2)13-23(25(31)26(24)32)42-28-21(5-4-11-35-28)22-10-12-36-29(38-22)37-20-14-30(3,33)16-34-15-20/h4-13,20,27,34,39H,14-16H2,1-3H3,(H,40,41)(H,36,37,38)/t20-,27?,30-/m0/s1. The Balaban J connectivity index is 1.45. The van der Waals surface area contributed by atoms with Gasteiger partial charge in [0.05, 0.1) is 17.3 Å². The molecule has 43 heavy (non-hydrogen) atoms. The Morgan fingerprint density at radius 3 is 2.60 bits per heavy atom. The van der Waals surface area contributed by atoms with E-state index in [9.17, 15) is 13.2 Å². The number of piperidine rings is 1. The summed E-state index contributed by atoms with van der Waals surface area (Å²) >= 11 is -2.51. The van der Waals surface area contributed by atoms with E-state index in [-0.39, 0.29) is 42.0 Å². The maximum absolute atomic E-state index is 15.7. The first kappa shape index (κ1) is 30.5. The Kier molecular flexibility index (Phi) is 9.06. The van der Waals surface area contributed by atoms with Gasteiger partial charge in [0, 0.05) is 43.5 Å². The summed E-state index contributed by atoms with van der Waals surface area (Å²) in [4.78, 5) is 13.0. The van der Waals surface area contributed by atoms with E-state index in [1.165, 1.54) is 25.4 Å². The third-order valence-corrected chi connectivity index (χ3v) is 7.57. The predicted octanol–water partition coefficient (Wildman–Crippen LogP) is 5.54. The van der Waals surface area contributed by atoms with Crippen molar-refractivity contribution in [3.8, 4) is 22.9 Å². The van der Waals surface area contributed by atoms with Crippen molar-refractivity contribution in [1.29, 1.82) is 0 Å². The molecular formula is C30H31F3N6O3S. The number of nitrogens with one attached hydrogen (secondary N) is 3. The Bertz CT molecular complexity index is 1640. The molecule has 0 spiro atoms. The van der Waals surface area contributed by atoms with Crippen molar-refractivity contribution < 1.29 is 26.7 Å². The lowest BCUT2D eigenvalue weighted by atomic mass is 9.94. The van der Waals surface area contributed by atoms with Crippen LogP contribution in [0.3, 0.4) is 0 Å². The number of benzene rings is 2. The van der Waals surface area contributed by atoms with Gasteiger partial charge in [-0.15, -0.1) is 0 Å². The van der Waals surface area contributed by atoms with E-state index in [4.69, 9.17) is 4.74 Å². The number of aryl methyl sites for hydroxylation is 2. The van der Waals surface area contributed by atoms with Crippen LogP contribution in [0, 0.1) is 25.5 Å². The van der Waals surface area contributed by atoms with Crippen molar-refractivity contribution in [2.75, 3.05) is 18.4 Å². The van der Waals surface area contributed by atoms with Crippen LogP contribution in [0.25, 0.3) is 11.3 Å². The van der Waals surface area contributed by atoms with Gasteiger partial charge in [0.15, 0.2) is 11.6 Å². The van der Waals surface area contributed by atoms with E-state index < -0.39 is 40.4 Å². The first-order valence-electron chi connectivity index (χ1n) is 13.6. The molecule has 0 saturated carbocycles. The van der Waals surface area contributed by atoms with Gasteiger partial charge in [-0.3, -0.25) is 4.55 Å². The molecule has 1 fully saturated rings. The lowest BCUT2D eigenvalue weighted by molar-refractivity contribution is 0.137. The lowest BCUT2D eigenvalue weighted by Gasteiger charge is -2.33. The van der Waals surface area contributed by atoms with Gasteiger partial charge in [-0.2, -0.15) is 4.39 Å². The Labute approximate surface area is 249 Å². The van der Waals surface area contributed by atoms with Crippen LogP contribution in [0.1, 0.15) is 41.6 Å². The highest BCUT2D eigenvalue weighted by molar-refractivity contribution is 7.77. The minimum Gasteiger partial charge on any atom is -0.435 e. The number of halogens is 3. The van der Waals surface area contributed by atoms with Crippen LogP contribution >= 0.6 is 0 Å². The second-order valence-electron chi connectivity index (χ2n) is 10.8. The first-order valence-corrected chi connectivity index (χ1v) is 14.7. The number of anilines is 1. The summed E-state index contributed by atoms with van der Waals surface area (Å²) < 4.78 is 75.2. The van der Waals surface area contributed by atoms with Crippen molar-refractivity contribution in [1.82, 2.24) is 25.0 Å². The van der Waals surface area contributed by atoms with Gasteiger partial charge in [0.1, 0.15) is 5.67 Å². The molecule has 0 bridgehead atoms. The molecule has 4 N–H and O–H groups in total. The third kappa shape index (κ3) is 7.19. The van der Waals surface area contributed by atoms with Gasteiger partial charge in [0.2, 0.25) is 28.9 Å². The SMILES string of the molecule is Cc1ccc(C(NS(=O)O)c2c(C)cc(Oc3ncccc3-c3ccnc(N[C@@H]4CNC[C@@](C)(F)C4)n3)c(F)c2F)cc1. The number of nitrogens with zero attached hydrogens (tertiary/aromatic N) is 3. The van der Waals surface area contributed by atoms with Crippen LogP contribution in [-0.2, 0) is 11.3 Å². The summed E-state index contributed by atoms with van der Waals surface area (Å²) in [5.74, 6) is -2.70. The fourth-order valence-corrected chi connectivity index (χ4v) is 5.57. The quantitative estimate of drug-likeness (QED) is 0.182. The molecule has 1 aliphatic rings. The van der Waals surface area contributed by atoms with Gasteiger partial charge >= 0.3 is 0 Å². The predicted molar refractivity (Wildman–Crippen MR) is 158 cm³/mol. The van der Waals surface area contributed by atoms with Gasteiger partial charge in [0.25, 0.3) is 0 Å². The van der Waals surface area contributed by atoms with Gasteiger partial charge in [-0.05, 0) is 56.2 Å². The van der Waals surface area contributed by atoms with Gasteiger partial charge in [-0.25, -0.2) is 32.7 Å². The minimum absolute atomic E-state index is 0.0297.